The van der Waals surface area contributed by atoms with Crippen LogP contribution in [0.1, 0.15) is 26.2 Å². The molecule has 3 aromatic heterocycles. The maximum absolute atomic E-state index is 4.70. The SMILES string of the molecule is CC1(Nc2nc(-c3cn[nH]c3)nc3cnccc23)CCC1. The summed E-state index contributed by atoms with van der Waals surface area (Å²) in [5.74, 6) is 1.54. The standard InChI is InChI=1S/C15H16N6/c1-15(4-2-5-15)21-14-11-3-6-16-9-12(11)19-13(20-14)10-7-17-18-8-10/h3,6-9H,2,4-5H2,1H3,(H,17,18)(H,19,20,21). The zero-order chi connectivity index (χ0) is 14.3. The lowest BCUT2D eigenvalue weighted by Crippen LogP contribution is -2.42. The Labute approximate surface area is 122 Å². The predicted molar refractivity (Wildman–Crippen MR) is 80.8 cm³/mol. The molecule has 0 amide bonds. The third-order valence-corrected chi connectivity index (χ3v) is 4.13. The summed E-state index contributed by atoms with van der Waals surface area (Å²) < 4.78 is 0. The maximum Gasteiger partial charge on any atom is 0.165 e. The molecule has 0 aliphatic heterocycles. The minimum Gasteiger partial charge on any atom is -0.364 e. The first-order chi connectivity index (χ1) is 10.2. The minimum absolute atomic E-state index is 0.137. The van der Waals surface area contributed by atoms with Gasteiger partial charge in [0.15, 0.2) is 5.82 Å². The molecule has 2 N–H and O–H groups in total. The topological polar surface area (TPSA) is 79.4 Å². The number of aromatic nitrogens is 5. The smallest absolute Gasteiger partial charge is 0.165 e. The molecule has 0 bridgehead atoms. The lowest BCUT2D eigenvalue weighted by Gasteiger charge is -2.39. The van der Waals surface area contributed by atoms with E-state index in [9.17, 15) is 0 Å². The van der Waals surface area contributed by atoms with E-state index in [2.05, 4.69) is 32.4 Å². The van der Waals surface area contributed by atoms with Crippen LogP contribution >= 0.6 is 0 Å². The highest BCUT2D eigenvalue weighted by Crippen LogP contribution is 2.36. The highest BCUT2D eigenvalue weighted by molar-refractivity contribution is 5.90. The summed E-state index contributed by atoms with van der Waals surface area (Å²) in [5.41, 5.74) is 1.86. The Morgan fingerprint density at radius 1 is 1.24 bits per heavy atom. The van der Waals surface area contributed by atoms with Crippen LogP contribution in [0.5, 0.6) is 0 Å². The second-order valence-electron chi connectivity index (χ2n) is 5.81. The van der Waals surface area contributed by atoms with E-state index in [1.807, 2.05) is 6.07 Å². The van der Waals surface area contributed by atoms with Gasteiger partial charge in [-0.25, -0.2) is 9.97 Å². The third-order valence-electron chi connectivity index (χ3n) is 4.13. The highest BCUT2D eigenvalue weighted by atomic mass is 15.1. The van der Waals surface area contributed by atoms with E-state index in [0.29, 0.717) is 5.82 Å². The van der Waals surface area contributed by atoms with Gasteiger partial charge in [0.05, 0.1) is 23.5 Å². The first kappa shape index (κ1) is 12.3. The van der Waals surface area contributed by atoms with Crippen molar-refractivity contribution in [2.45, 2.75) is 31.7 Å². The van der Waals surface area contributed by atoms with Crippen LogP contribution < -0.4 is 5.32 Å². The third kappa shape index (κ3) is 2.12. The molecule has 0 radical (unpaired) electrons. The zero-order valence-electron chi connectivity index (χ0n) is 11.8. The average molecular weight is 280 g/mol. The van der Waals surface area contributed by atoms with Crippen molar-refractivity contribution in [1.29, 1.82) is 0 Å². The van der Waals surface area contributed by atoms with E-state index in [0.717, 1.165) is 22.3 Å². The van der Waals surface area contributed by atoms with Gasteiger partial charge in [0.1, 0.15) is 5.82 Å². The normalized spacial score (nSPS) is 16.6. The van der Waals surface area contributed by atoms with Crippen LogP contribution in [0.4, 0.5) is 5.82 Å². The Morgan fingerprint density at radius 2 is 2.14 bits per heavy atom. The van der Waals surface area contributed by atoms with Gasteiger partial charge in [-0.05, 0) is 32.3 Å². The first-order valence-corrected chi connectivity index (χ1v) is 7.13. The Balaban J connectivity index is 1.86. The molecule has 3 heterocycles. The molecule has 1 saturated carbocycles. The Bertz CT molecular complexity index is 776. The average Bonchev–Trinajstić information content (AvgIpc) is 2.99. The summed E-state index contributed by atoms with van der Waals surface area (Å²) in [6.07, 6.45) is 10.7. The second-order valence-corrected chi connectivity index (χ2v) is 5.81. The maximum atomic E-state index is 4.70. The summed E-state index contributed by atoms with van der Waals surface area (Å²) >= 11 is 0. The Kier molecular flexibility index (Phi) is 2.63. The number of hydrogen-bond donors (Lipinski definition) is 2. The number of aromatic amines is 1. The molecule has 0 atom stereocenters. The van der Waals surface area contributed by atoms with Crippen molar-refractivity contribution in [3.8, 4) is 11.4 Å². The van der Waals surface area contributed by atoms with Crippen molar-refractivity contribution >= 4 is 16.7 Å². The van der Waals surface area contributed by atoms with Gasteiger partial charge in [-0.3, -0.25) is 10.1 Å². The number of anilines is 1. The van der Waals surface area contributed by atoms with Gasteiger partial charge < -0.3 is 5.32 Å². The largest absolute Gasteiger partial charge is 0.364 e. The molecule has 0 aromatic carbocycles. The van der Waals surface area contributed by atoms with Gasteiger partial charge in [-0.2, -0.15) is 5.10 Å². The molecule has 6 nitrogen and oxygen atoms in total. The van der Waals surface area contributed by atoms with Crippen molar-refractivity contribution in [3.63, 3.8) is 0 Å². The summed E-state index contributed by atoms with van der Waals surface area (Å²) in [6.45, 7) is 2.24. The molecule has 4 rings (SSSR count). The van der Waals surface area contributed by atoms with E-state index >= 15 is 0 Å². The molecule has 6 heteroatoms. The summed E-state index contributed by atoms with van der Waals surface area (Å²) in [4.78, 5) is 13.4. The van der Waals surface area contributed by atoms with Gasteiger partial charge in [0.25, 0.3) is 0 Å². The Morgan fingerprint density at radius 3 is 2.86 bits per heavy atom. The van der Waals surface area contributed by atoms with Crippen LogP contribution in [0.25, 0.3) is 22.3 Å². The summed E-state index contributed by atoms with van der Waals surface area (Å²) in [6, 6.07) is 1.96. The molecular weight excluding hydrogens is 264 g/mol. The number of rotatable bonds is 3. The fourth-order valence-corrected chi connectivity index (χ4v) is 2.70. The van der Waals surface area contributed by atoms with E-state index in [4.69, 9.17) is 4.98 Å². The quantitative estimate of drug-likeness (QED) is 0.771. The molecule has 21 heavy (non-hydrogen) atoms. The molecule has 3 aromatic rings. The number of H-pyrrole nitrogens is 1. The Hall–Kier alpha value is -2.50. The van der Waals surface area contributed by atoms with Crippen LogP contribution in [0.15, 0.2) is 30.9 Å². The van der Waals surface area contributed by atoms with Gasteiger partial charge in [0.2, 0.25) is 0 Å². The van der Waals surface area contributed by atoms with Crippen molar-refractivity contribution in [1.82, 2.24) is 25.1 Å². The molecule has 0 saturated heterocycles. The molecule has 0 spiro atoms. The molecule has 1 aliphatic carbocycles. The van der Waals surface area contributed by atoms with Gasteiger partial charge >= 0.3 is 0 Å². The van der Waals surface area contributed by atoms with E-state index in [1.54, 1.807) is 24.8 Å². The van der Waals surface area contributed by atoms with Crippen molar-refractivity contribution in [3.05, 3.63) is 30.9 Å². The fraction of sp³-hybridized carbons (Fsp3) is 0.333. The van der Waals surface area contributed by atoms with Gasteiger partial charge in [-0.1, -0.05) is 0 Å². The molecule has 0 unspecified atom stereocenters. The van der Waals surface area contributed by atoms with E-state index in [-0.39, 0.29) is 5.54 Å². The minimum atomic E-state index is 0.137. The summed E-state index contributed by atoms with van der Waals surface area (Å²) in [5, 5.41) is 11.4. The predicted octanol–water partition coefficient (Wildman–Crippen LogP) is 2.77. The molecule has 1 fully saturated rings. The van der Waals surface area contributed by atoms with Gasteiger partial charge in [-0.15, -0.1) is 0 Å². The van der Waals surface area contributed by atoms with Crippen molar-refractivity contribution < 1.29 is 0 Å². The van der Waals surface area contributed by atoms with Crippen LogP contribution in [0.2, 0.25) is 0 Å². The summed E-state index contributed by atoms with van der Waals surface area (Å²) in [7, 11) is 0. The lowest BCUT2D eigenvalue weighted by atomic mass is 9.78. The zero-order valence-corrected chi connectivity index (χ0v) is 11.8. The van der Waals surface area contributed by atoms with Crippen molar-refractivity contribution in [2.24, 2.45) is 0 Å². The lowest BCUT2D eigenvalue weighted by molar-refractivity contribution is 0.306. The van der Waals surface area contributed by atoms with Gasteiger partial charge in [0, 0.05) is 23.3 Å². The van der Waals surface area contributed by atoms with Crippen LogP contribution in [-0.2, 0) is 0 Å². The van der Waals surface area contributed by atoms with Crippen molar-refractivity contribution in [2.75, 3.05) is 5.32 Å². The monoisotopic (exact) mass is 280 g/mol. The first-order valence-electron chi connectivity index (χ1n) is 7.13. The van der Waals surface area contributed by atoms with Crippen LogP contribution in [0, 0.1) is 0 Å². The number of nitrogens with zero attached hydrogens (tertiary/aromatic N) is 4. The van der Waals surface area contributed by atoms with Crippen LogP contribution in [-0.4, -0.2) is 30.7 Å². The number of pyridine rings is 1. The highest BCUT2D eigenvalue weighted by Gasteiger charge is 2.32. The number of nitrogens with one attached hydrogen (secondary N) is 2. The number of fused-ring (bicyclic) bond motifs is 1. The second kappa shape index (κ2) is 4.51. The number of hydrogen-bond acceptors (Lipinski definition) is 5. The molecule has 1 aliphatic rings. The van der Waals surface area contributed by atoms with E-state index in [1.165, 1.54) is 19.3 Å². The van der Waals surface area contributed by atoms with Crippen LogP contribution in [0.3, 0.4) is 0 Å². The molecular formula is C15H16N6. The molecule has 106 valence electrons. The van der Waals surface area contributed by atoms with E-state index < -0.39 is 0 Å². The fourth-order valence-electron chi connectivity index (χ4n) is 2.70.